The molecule has 0 bridgehead atoms. The summed E-state index contributed by atoms with van der Waals surface area (Å²) in [6.07, 6.45) is 5.03. The lowest BCUT2D eigenvalue weighted by molar-refractivity contribution is 0.215. The minimum Gasteiger partial charge on any atom is -0.399 e. The Bertz CT molecular complexity index is 208. The van der Waals surface area contributed by atoms with Crippen molar-refractivity contribution in [3.63, 3.8) is 0 Å². The van der Waals surface area contributed by atoms with E-state index in [2.05, 4.69) is 15.0 Å². The van der Waals surface area contributed by atoms with E-state index in [1.807, 2.05) is 12.1 Å². The van der Waals surface area contributed by atoms with Crippen LogP contribution in [0.1, 0.15) is 5.56 Å². The van der Waals surface area contributed by atoms with Crippen LogP contribution in [0, 0.1) is 0 Å². The van der Waals surface area contributed by atoms with Crippen LogP contribution < -0.4 is 0 Å². The number of pyridine rings is 1. The number of hydrogen-bond acceptors (Lipinski definition) is 3. The first-order chi connectivity index (χ1) is 4.93. The molecular weight excluding hydrogens is 128 g/mol. The summed E-state index contributed by atoms with van der Waals surface area (Å²) in [7, 11) is 1.51. The summed E-state index contributed by atoms with van der Waals surface area (Å²) < 4.78 is 0. The molecule has 0 aliphatic rings. The van der Waals surface area contributed by atoms with Gasteiger partial charge in [-0.1, -0.05) is 11.2 Å². The fourth-order valence-corrected chi connectivity index (χ4v) is 0.566. The van der Waals surface area contributed by atoms with Gasteiger partial charge < -0.3 is 4.84 Å². The van der Waals surface area contributed by atoms with Crippen LogP contribution in [-0.2, 0) is 4.84 Å². The standard InChI is InChI=1S/C7H8N2O/c1-10-9-6-7-3-2-4-8-5-7/h2-6H,1H3/b9-6-. The topological polar surface area (TPSA) is 34.5 Å². The van der Waals surface area contributed by atoms with Crippen molar-refractivity contribution in [1.82, 2.24) is 4.98 Å². The Morgan fingerprint density at radius 1 is 1.70 bits per heavy atom. The van der Waals surface area contributed by atoms with Gasteiger partial charge in [0.1, 0.15) is 7.11 Å². The summed E-state index contributed by atoms with van der Waals surface area (Å²) >= 11 is 0. The molecule has 0 amide bonds. The van der Waals surface area contributed by atoms with E-state index in [0.717, 1.165) is 5.56 Å². The van der Waals surface area contributed by atoms with Crippen LogP contribution in [0.15, 0.2) is 29.7 Å². The average molecular weight is 136 g/mol. The molecule has 0 radical (unpaired) electrons. The van der Waals surface area contributed by atoms with Crippen molar-refractivity contribution in [2.24, 2.45) is 5.16 Å². The highest BCUT2D eigenvalue weighted by Gasteiger charge is 1.82. The van der Waals surface area contributed by atoms with Gasteiger partial charge in [-0.15, -0.1) is 0 Å². The second-order valence-electron chi connectivity index (χ2n) is 1.70. The molecule has 1 heterocycles. The molecule has 1 aromatic rings. The molecule has 0 saturated carbocycles. The molecule has 1 rings (SSSR count). The third-order valence-corrected chi connectivity index (χ3v) is 0.992. The Kier molecular flexibility index (Phi) is 2.43. The molecule has 0 fully saturated rings. The fraction of sp³-hybridized carbons (Fsp3) is 0.143. The van der Waals surface area contributed by atoms with E-state index in [1.54, 1.807) is 18.6 Å². The van der Waals surface area contributed by atoms with E-state index in [4.69, 9.17) is 0 Å². The van der Waals surface area contributed by atoms with Crippen molar-refractivity contribution < 1.29 is 4.84 Å². The molecule has 3 heteroatoms. The van der Waals surface area contributed by atoms with Gasteiger partial charge in [0.05, 0.1) is 6.21 Å². The molecule has 10 heavy (non-hydrogen) atoms. The van der Waals surface area contributed by atoms with Gasteiger partial charge >= 0.3 is 0 Å². The van der Waals surface area contributed by atoms with Gasteiger partial charge in [-0.05, 0) is 6.07 Å². The van der Waals surface area contributed by atoms with Gasteiger partial charge in [-0.2, -0.15) is 0 Å². The first-order valence-corrected chi connectivity index (χ1v) is 2.90. The zero-order valence-electron chi connectivity index (χ0n) is 5.69. The van der Waals surface area contributed by atoms with Crippen LogP contribution in [0.5, 0.6) is 0 Å². The maximum atomic E-state index is 4.49. The lowest BCUT2D eigenvalue weighted by Crippen LogP contribution is -1.81. The monoisotopic (exact) mass is 136 g/mol. The van der Waals surface area contributed by atoms with Crippen molar-refractivity contribution in [2.45, 2.75) is 0 Å². The molecule has 0 N–H and O–H groups in total. The van der Waals surface area contributed by atoms with Crippen LogP contribution in [0.3, 0.4) is 0 Å². The van der Waals surface area contributed by atoms with Gasteiger partial charge in [0.15, 0.2) is 0 Å². The fourth-order valence-electron chi connectivity index (χ4n) is 0.566. The lowest BCUT2D eigenvalue weighted by atomic mass is 10.3. The van der Waals surface area contributed by atoms with Crippen LogP contribution in [0.2, 0.25) is 0 Å². The minimum atomic E-state index is 0.935. The smallest absolute Gasteiger partial charge is 0.106 e. The quantitative estimate of drug-likeness (QED) is 0.450. The maximum absolute atomic E-state index is 4.49. The molecule has 0 unspecified atom stereocenters. The van der Waals surface area contributed by atoms with E-state index < -0.39 is 0 Å². The number of oxime groups is 1. The predicted octanol–water partition coefficient (Wildman–Crippen LogP) is 1.06. The van der Waals surface area contributed by atoms with Gasteiger partial charge in [0, 0.05) is 18.0 Å². The summed E-state index contributed by atoms with van der Waals surface area (Å²) in [5.41, 5.74) is 0.935. The molecule has 3 nitrogen and oxygen atoms in total. The molecule has 0 aliphatic carbocycles. The summed E-state index contributed by atoms with van der Waals surface area (Å²) in [4.78, 5) is 8.38. The van der Waals surface area contributed by atoms with Crippen molar-refractivity contribution >= 4 is 6.21 Å². The summed E-state index contributed by atoms with van der Waals surface area (Å²) in [6, 6.07) is 3.74. The summed E-state index contributed by atoms with van der Waals surface area (Å²) in [5, 5.41) is 3.58. The Morgan fingerprint density at radius 2 is 2.60 bits per heavy atom. The molecule has 0 saturated heterocycles. The average Bonchev–Trinajstić information content (AvgIpc) is 2.03. The second kappa shape index (κ2) is 3.61. The first-order valence-electron chi connectivity index (χ1n) is 2.90. The van der Waals surface area contributed by atoms with E-state index in [9.17, 15) is 0 Å². The predicted molar refractivity (Wildman–Crippen MR) is 38.8 cm³/mol. The summed E-state index contributed by atoms with van der Waals surface area (Å²) in [6.45, 7) is 0. The maximum Gasteiger partial charge on any atom is 0.106 e. The second-order valence-corrected chi connectivity index (χ2v) is 1.70. The Balaban J connectivity index is 2.67. The summed E-state index contributed by atoms with van der Waals surface area (Å²) in [5.74, 6) is 0. The van der Waals surface area contributed by atoms with E-state index in [1.165, 1.54) is 7.11 Å². The zero-order valence-corrected chi connectivity index (χ0v) is 5.69. The molecule has 0 aromatic carbocycles. The molecular formula is C7H8N2O. The highest BCUT2D eigenvalue weighted by molar-refractivity contribution is 5.78. The van der Waals surface area contributed by atoms with Crippen molar-refractivity contribution in [3.05, 3.63) is 30.1 Å². The normalized spacial score (nSPS) is 10.1. The molecule has 0 atom stereocenters. The first kappa shape index (κ1) is 6.74. The van der Waals surface area contributed by atoms with Gasteiger partial charge in [0.25, 0.3) is 0 Å². The third kappa shape index (κ3) is 1.85. The number of hydrogen-bond donors (Lipinski definition) is 0. The van der Waals surface area contributed by atoms with Crippen LogP contribution >= 0.6 is 0 Å². The van der Waals surface area contributed by atoms with E-state index in [-0.39, 0.29) is 0 Å². The Hall–Kier alpha value is -1.38. The van der Waals surface area contributed by atoms with Crippen LogP contribution in [0.4, 0.5) is 0 Å². The number of nitrogens with zero attached hydrogens (tertiary/aromatic N) is 2. The number of aromatic nitrogens is 1. The van der Waals surface area contributed by atoms with E-state index in [0.29, 0.717) is 0 Å². The van der Waals surface area contributed by atoms with E-state index >= 15 is 0 Å². The van der Waals surface area contributed by atoms with Gasteiger partial charge in [-0.25, -0.2) is 0 Å². The largest absolute Gasteiger partial charge is 0.399 e. The van der Waals surface area contributed by atoms with Crippen molar-refractivity contribution in [2.75, 3.05) is 7.11 Å². The molecule has 0 aliphatic heterocycles. The number of rotatable bonds is 2. The molecule has 52 valence electrons. The Labute approximate surface area is 59.3 Å². The van der Waals surface area contributed by atoms with Crippen LogP contribution in [0.25, 0.3) is 0 Å². The zero-order chi connectivity index (χ0) is 7.23. The third-order valence-electron chi connectivity index (χ3n) is 0.992. The molecule has 0 spiro atoms. The molecule has 1 aromatic heterocycles. The van der Waals surface area contributed by atoms with Crippen molar-refractivity contribution in [1.29, 1.82) is 0 Å². The minimum absolute atomic E-state index is 0.935. The highest BCUT2D eigenvalue weighted by atomic mass is 16.6. The van der Waals surface area contributed by atoms with Gasteiger partial charge in [-0.3, -0.25) is 4.98 Å². The SMILES string of the molecule is CO/N=C\c1cccnc1. The van der Waals surface area contributed by atoms with Gasteiger partial charge in [0.2, 0.25) is 0 Å². The van der Waals surface area contributed by atoms with Crippen molar-refractivity contribution in [3.8, 4) is 0 Å². The Morgan fingerprint density at radius 3 is 3.20 bits per heavy atom. The lowest BCUT2D eigenvalue weighted by Gasteiger charge is -1.87. The highest BCUT2D eigenvalue weighted by Crippen LogP contribution is 1.89. The van der Waals surface area contributed by atoms with Crippen LogP contribution in [-0.4, -0.2) is 18.3 Å².